The molecule has 1 aliphatic carbocycles. The van der Waals surface area contributed by atoms with E-state index in [1.54, 1.807) is 36.4 Å². The minimum absolute atomic E-state index is 0.120. The lowest BCUT2D eigenvalue weighted by atomic mass is 9.81. The molecule has 0 heterocycles. The van der Waals surface area contributed by atoms with Crippen LogP contribution in [0, 0.1) is 6.92 Å². The zero-order valence-corrected chi connectivity index (χ0v) is 9.86. The lowest BCUT2D eigenvalue weighted by Crippen LogP contribution is -2.23. The third kappa shape index (κ3) is 1.24. The molecule has 0 spiro atoms. The number of nitrogen functional groups attached to an aromatic ring is 1. The van der Waals surface area contributed by atoms with Crippen LogP contribution in [-0.4, -0.2) is 11.6 Å². The first-order valence-corrected chi connectivity index (χ1v) is 5.68. The fraction of sp³-hybridized carbons (Fsp3) is 0.0667. The zero-order chi connectivity index (χ0) is 12.9. The third-order valence-corrected chi connectivity index (χ3v) is 3.32. The maximum absolute atomic E-state index is 12.4. The van der Waals surface area contributed by atoms with E-state index >= 15 is 0 Å². The van der Waals surface area contributed by atoms with E-state index in [-0.39, 0.29) is 11.6 Å². The van der Waals surface area contributed by atoms with Gasteiger partial charge in [0.25, 0.3) is 0 Å². The molecule has 0 radical (unpaired) electrons. The van der Waals surface area contributed by atoms with E-state index in [0.29, 0.717) is 27.9 Å². The van der Waals surface area contributed by atoms with Gasteiger partial charge in [-0.1, -0.05) is 30.3 Å². The third-order valence-electron chi connectivity index (χ3n) is 3.32. The van der Waals surface area contributed by atoms with Crippen molar-refractivity contribution in [2.45, 2.75) is 6.92 Å². The summed E-state index contributed by atoms with van der Waals surface area (Å²) in [7, 11) is 0. The van der Waals surface area contributed by atoms with E-state index in [9.17, 15) is 9.59 Å². The molecule has 0 aliphatic heterocycles. The molecule has 0 bridgehead atoms. The van der Waals surface area contributed by atoms with Crippen molar-refractivity contribution in [3.63, 3.8) is 0 Å². The molecule has 0 saturated heterocycles. The van der Waals surface area contributed by atoms with Crippen molar-refractivity contribution in [1.29, 1.82) is 0 Å². The molecule has 0 aromatic heterocycles. The van der Waals surface area contributed by atoms with Crippen molar-refractivity contribution in [3.8, 4) is 0 Å². The summed E-state index contributed by atoms with van der Waals surface area (Å²) in [6.07, 6.45) is 0. The topological polar surface area (TPSA) is 60.2 Å². The number of fused-ring (bicyclic) bond motifs is 2. The van der Waals surface area contributed by atoms with Crippen LogP contribution < -0.4 is 5.73 Å². The molecule has 0 amide bonds. The maximum Gasteiger partial charge on any atom is 0.196 e. The zero-order valence-electron chi connectivity index (χ0n) is 9.86. The van der Waals surface area contributed by atoms with Gasteiger partial charge in [0, 0.05) is 22.4 Å². The Morgan fingerprint density at radius 2 is 1.39 bits per heavy atom. The Hall–Kier alpha value is -2.42. The smallest absolute Gasteiger partial charge is 0.196 e. The standard InChI is InChI=1S/C15H11NO2/c1-8-6-7-11(16)13-12(8)14(17)9-4-2-3-5-10(9)15(13)18/h2-7H,16H2,1H3. The van der Waals surface area contributed by atoms with E-state index in [1.807, 2.05) is 6.92 Å². The molecule has 0 atom stereocenters. The number of hydrogen-bond donors (Lipinski definition) is 1. The minimum atomic E-state index is -0.165. The van der Waals surface area contributed by atoms with E-state index in [4.69, 9.17) is 5.73 Å². The summed E-state index contributed by atoms with van der Waals surface area (Å²) < 4.78 is 0. The van der Waals surface area contributed by atoms with Crippen LogP contribution in [0.5, 0.6) is 0 Å². The van der Waals surface area contributed by atoms with Gasteiger partial charge in [-0.3, -0.25) is 9.59 Å². The largest absolute Gasteiger partial charge is 0.398 e. The number of hydrogen-bond acceptors (Lipinski definition) is 3. The van der Waals surface area contributed by atoms with Gasteiger partial charge < -0.3 is 5.73 Å². The first-order chi connectivity index (χ1) is 8.61. The van der Waals surface area contributed by atoms with Gasteiger partial charge in [0.15, 0.2) is 11.6 Å². The van der Waals surface area contributed by atoms with E-state index in [1.165, 1.54) is 0 Å². The summed E-state index contributed by atoms with van der Waals surface area (Å²) >= 11 is 0. The number of carbonyl (C=O) groups is 2. The quantitative estimate of drug-likeness (QED) is 0.610. The Kier molecular flexibility index (Phi) is 2.10. The second-order valence-electron chi connectivity index (χ2n) is 4.43. The second-order valence-corrected chi connectivity index (χ2v) is 4.43. The molecule has 18 heavy (non-hydrogen) atoms. The van der Waals surface area contributed by atoms with Crippen LogP contribution in [0.4, 0.5) is 5.69 Å². The van der Waals surface area contributed by atoms with Crippen LogP contribution in [0.2, 0.25) is 0 Å². The molecular weight excluding hydrogens is 226 g/mol. The van der Waals surface area contributed by atoms with E-state index in [0.717, 1.165) is 5.56 Å². The number of ketones is 2. The van der Waals surface area contributed by atoms with Crippen LogP contribution in [-0.2, 0) is 0 Å². The molecule has 2 aromatic rings. The summed E-state index contributed by atoms with van der Waals surface area (Å²) in [5.41, 5.74) is 8.68. The van der Waals surface area contributed by atoms with Crippen LogP contribution in [0.1, 0.15) is 37.4 Å². The highest BCUT2D eigenvalue weighted by Crippen LogP contribution is 2.32. The van der Waals surface area contributed by atoms with Gasteiger partial charge in [0.2, 0.25) is 0 Å². The fourth-order valence-electron chi connectivity index (χ4n) is 2.41. The van der Waals surface area contributed by atoms with E-state index < -0.39 is 0 Å². The average molecular weight is 237 g/mol. The number of rotatable bonds is 0. The maximum atomic E-state index is 12.4. The number of carbonyl (C=O) groups excluding carboxylic acids is 2. The van der Waals surface area contributed by atoms with E-state index in [2.05, 4.69) is 0 Å². The number of aryl methyl sites for hydroxylation is 1. The van der Waals surface area contributed by atoms with Gasteiger partial charge in [-0.05, 0) is 18.6 Å². The highest BCUT2D eigenvalue weighted by Gasteiger charge is 2.31. The van der Waals surface area contributed by atoms with Crippen LogP contribution >= 0.6 is 0 Å². The molecule has 2 N–H and O–H groups in total. The Morgan fingerprint density at radius 1 is 0.833 bits per heavy atom. The minimum Gasteiger partial charge on any atom is -0.398 e. The Labute approximate surface area is 104 Å². The summed E-state index contributed by atoms with van der Waals surface area (Å²) in [5.74, 6) is -0.286. The normalized spacial score (nSPS) is 13.2. The predicted molar refractivity (Wildman–Crippen MR) is 68.9 cm³/mol. The van der Waals surface area contributed by atoms with Crippen molar-refractivity contribution in [2.24, 2.45) is 0 Å². The SMILES string of the molecule is Cc1ccc(N)c2c1C(=O)c1ccccc1C2=O. The molecule has 0 saturated carbocycles. The Morgan fingerprint density at radius 3 is 2.00 bits per heavy atom. The molecule has 2 aromatic carbocycles. The van der Waals surface area contributed by atoms with Crippen LogP contribution in [0.3, 0.4) is 0 Å². The van der Waals surface area contributed by atoms with Crippen LogP contribution in [0.25, 0.3) is 0 Å². The molecule has 1 aliphatic rings. The molecule has 3 heteroatoms. The molecule has 3 rings (SSSR count). The van der Waals surface area contributed by atoms with Gasteiger partial charge in [-0.2, -0.15) is 0 Å². The number of benzene rings is 2. The summed E-state index contributed by atoms with van der Waals surface area (Å²) in [6.45, 7) is 1.82. The highest BCUT2D eigenvalue weighted by atomic mass is 16.1. The summed E-state index contributed by atoms with van der Waals surface area (Å²) in [6, 6.07) is 10.3. The van der Waals surface area contributed by atoms with Crippen molar-refractivity contribution in [2.75, 3.05) is 5.73 Å². The number of anilines is 1. The Bertz CT molecular complexity index is 642. The average Bonchev–Trinajstić information content (AvgIpc) is 2.38. The van der Waals surface area contributed by atoms with Gasteiger partial charge in [0.1, 0.15) is 0 Å². The van der Waals surface area contributed by atoms with Gasteiger partial charge in [-0.25, -0.2) is 0 Å². The molecule has 88 valence electrons. The highest BCUT2D eigenvalue weighted by molar-refractivity contribution is 6.30. The first kappa shape index (κ1) is 10.7. The van der Waals surface area contributed by atoms with Crippen LogP contribution in [0.15, 0.2) is 36.4 Å². The lowest BCUT2D eigenvalue weighted by Gasteiger charge is -2.20. The fourth-order valence-corrected chi connectivity index (χ4v) is 2.41. The summed E-state index contributed by atoms with van der Waals surface area (Å²) in [5, 5.41) is 0. The van der Waals surface area contributed by atoms with Gasteiger partial charge >= 0.3 is 0 Å². The first-order valence-electron chi connectivity index (χ1n) is 5.68. The molecule has 0 fully saturated rings. The molecule has 3 nitrogen and oxygen atoms in total. The monoisotopic (exact) mass is 237 g/mol. The number of nitrogens with two attached hydrogens (primary N) is 1. The molecule has 0 unspecified atom stereocenters. The second kappa shape index (κ2) is 3.53. The van der Waals surface area contributed by atoms with Crippen molar-refractivity contribution in [3.05, 3.63) is 64.2 Å². The van der Waals surface area contributed by atoms with Crippen molar-refractivity contribution < 1.29 is 9.59 Å². The lowest BCUT2D eigenvalue weighted by molar-refractivity contribution is 0.0979. The van der Waals surface area contributed by atoms with Gasteiger partial charge in [-0.15, -0.1) is 0 Å². The Balaban J connectivity index is 2.41. The van der Waals surface area contributed by atoms with Crippen molar-refractivity contribution >= 4 is 17.3 Å². The predicted octanol–water partition coefficient (Wildman–Crippen LogP) is 2.35. The van der Waals surface area contributed by atoms with Crippen molar-refractivity contribution in [1.82, 2.24) is 0 Å². The summed E-state index contributed by atoms with van der Waals surface area (Å²) in [4.78, 5) is 24.8. The molecular formula is C15H11NO2. The van der Waals surface area contributed by atoms with Gasteiger partial charge in [0.05, 0.1) is 5.56 Å².